The molecular formula is C15H18N2O2. The number of amides is 2. The Labute approximate surface area is 113 Å². The summed E-state index contributed by atoms with van der Waals surface area (Å²) in [5, 5.41) is 2.74. The fourth-order valence-electron chi connectivity index (χ4n) is 2.20. The molecule has 1 N–H and O–H groups in total. The van der Waals surface area contributed by atoms with E-state index >= 15 is 0 Å². The first-order valence-corrected chi connectivity index (χ1v) is 6.47. The fourth-order valence-corrected chi connectivity index (χ4v) is 2.20. The molecule has 2 rings (SSSR count). The van der Waals surface area contributed by atoms with Gasteiger partial charge < -0.3 is 10.2 Å². The summed E-state index contributed by atoms with van der Waals surface area (Å²) in [6, 6.07) is 7.12. The lowest BCUT2D eigenvalue weighted by Gasteiger charge is -2.16. The summed E-state index contributed by atoms with van der Waals surface area (Å²) in [7, 11) is 0. The number of anilines is 1. The summed E-state index contributed by atoms with van der Waals surface area (Å²) in [5.74, 6) is 0.233. The van der Waals surface area contributed by atoms with Crippen molar-refractivity contribution in [2.75, 3.05) is 18.0 Å². The average Bonchev–Trinajstić information content (AvgIpc) is 2.80. The maximum atomic E-state index is 11.9. The van der Waals surface area contributed by atoms with E-state index in [0.29, 0.717) is 25.1 Å². The molecule has 0 spiro atoms. The van der Waals surface area contributed by atoms with Crippen LogP contribution in [-0.4, -0.2) is 24.9 Å². The zero-order chi connectivity index (χ0) is 13.8. The van der Waals surface area contributed by atoms with Gasteiger partial charge in [-0.2, -0.15) is 0 Å². The van der Waals surface area contributed by atoms with Crippen molar-refractivity contribution < 1.29 is 9.59 Å². The molecule has 0 bridgehead atoms. The van der Waals surface area contributed by atoms with Crippen molar-refractivity contribution in [1.82, 2.24) is 5.32 Å². The van der Waals surface area contributed by atoms with Gasteiger partial charge in [-0.3, -0.25) is 9.59 Å². The fraction of sp³-hybridized carbons (Fsp3) is 0.333. The van der Waals surface area contributed by atoms with E-state index < -0.39 is 0 Å². The normalized spacial score (nSPS) is 18.5. The molecule has 0 radical (unpaired) electrons. The number of carbonyl (C=O) groups is 2. The molecule has 1 atom stereocenters. The standard InChI is InChI=1S/C15H18N2O2/c1-3-11-9-14(18)17(10-11)13-7-5-12(6-8-13)15(19)16-4-2/h3,5-8,11H,1,4,9-10H2,2H3,(H,16,19). The molecule has 100 valence electrons. The lowest BCUT2D eigenvalue weighted by atomic mass is 10.1. The number of benzene rings is 1. The molecular weight excluding hydrogens is 240 g/mol. The van der Waals surface area contributed by atoms with Crippen molar-refractivity contribution in [1.29, 1.82) is 0 Å². The van der Waals surface area contributed by atoms with E-state index in [4.69, 9.17) is 0 Å². The van der Waals surface area contributed by atoms with Crippen LogP contribution in [0.5, 0.6) is 0 Å². The minimum atomic E-state index is -0.0919. The number of hydrogen-bond acceptors (Lipinski definition) is 2. The van der Waals surface area contributed by atoms with E-state index in [1.54, 1.807) is 17.0 Å². The second kappa shape index (κ2) is 5.69. The predicted octanol–water partition coefficient (Wildman–Crippen LogP) is 1.98. The van der Waals surface area contributed by atoms with Crippen LogP contribution in [0.3, 0.4) is 0 Å². The van der Waals surface area contributed by atoms with Crippen LogP contribution < -0.4 is 10.2 Å². The number of nitrogens with one attached hydrogen (secondary N) is 1. The zero-order valence-corrected chi connectivity index (χ0v) is 11.1. The topological polar surface area (TPSA) is 49.4 Å². The molecule has 0 saturated carbocycles. The van der Waals surface area contributed by atoms with Gasteiger partial charge in [0.2, 0.25) is 5.91 Å². The highest BCUT2D eigenvalue weighted by molar-refractivity contribution is 5.97. The maximum Gasteiger partial charge on any atom is 0.251 e. The highest BCUT2D eigenvalue weighted by atomic mass is 16.2. The SMILES string of the molecule is C=CC1CC(=O)N(c2ccc(C(=O)NCC)cc2)C1. The first-order chi connectivity index (χ1) is 9.15. The Bertz CT molecular complexity index is 493. The van der Waals surface area contributed by atoms with Crippen LogP contribution in [-0.2, 0) is 4.79 Å². The summed E-state index contributed by atoms with van der Waals surface area (Å²) in [6.45, 7) is 6.88. The zero-order valence-electron chi connectivity index (χ0n) is 11.1. The van der Waals surface area contributed by atoms with Gasteiger partial charge in [-0.25, -0.2) is 0 Å². The van der Waals surface area contributed by atoms with Gasteiger partial charge in [0.1, 0.15) is 0 Å². The van der Waals surface area contributed by atoms with Gasteiger partial charge in [0.15, 0.2) is 0 Å². The predicted molar refractivity (Wildman–Crippen MR) is 75.1 cm³/mol. The van der Waals surface area contributed by atoms with Crippen molar-refractivity contribution in [3.05, 3.63) is 42.5 Å². The summed E-state index contributed by atoms with van der Waals surface area (Å²) in [4.78, 5) is 25.2. The molecule has 1 aliphatic heterocycles. The van der Waals surface area contributed by atoms with Gasteiger partial charge in [0, 0.05) is 36.7 Å². The average molecular weight is 258 g/mol. The third-order valence-electron chi connectivity index (χ3n) is 3.27. The molecule has 1 saturated heterocycles. The Kier molecular flexibility index (Phi) is 4.00. The van der Waals surface area contributed by atoms with Crippen LogP contribution in [0.1, 0.15) is 23.7 Å². The quantitative estimate of drug-likeness (QED) is 0.839. The number of carbonyl (C=O) groups excluding carboxylic acids is 2. The Hall–Kier alpha value is -2.10. The van der Waals surface area contributed by atoms with Crippen molar-refractivity contribution in [2.45, 2.75) is 13.3 Å². The van der Waals surface area contributed by atoms with Gasteiger partial charge in [-0.1, -0.05) is 6.08 Å². The maximum absolute atomic E-state index is 11.9. The van der Waals surface area contributed by atoms with E-state index in [0.717, 1.165) is 5.69 Å². The second-order valence-corrected chi connectivity index (χ2v) is 4.61. The van der Waals surface area contributed by atoms with Crippen molar-refractivity contribution in [3.8, 4) is 0 Å². The summed E-state index contributed by atoms with van der Waals surface area (Å²) < 4.78 is 0. The number of nitrogens with zero attached hydrogens (tertiary/aromatic N) is 1. The van der Waals surface area contributed by atoms with Crippen LogP contribution >= 0.6 is 0 Å². The second-order valence-electron chi connectivity index (χ2n) is 4.61. The summed E-state index contributed by atoms with van der Waals surface area (Å²) in [5.41, 5.74) is 1.44. The molecule has 1 heterocycles. The van der Waals surface area contributed by atoms with Gasteiger partial charge in [-0.15, -0.1) is 6.58 Å². The van der Waals surface area contributed by atoms with Crippen molar-refractivity contribution >= 4 is 17.5 Å². The third kappa shape index (κ3) is 2.84. The van der Waals surface area contributed by atoms with Gasteiger partial charge >= 0.3 is 0 Å². The van der Waals surface area contributed by atoms with E-state index in [1.165, 1.54) is 0 Å². The molecule has 1 unspecified atom stereocenters. The largest absolute Gasteiger partial charge is 0.352 e. The third-order valence-corrected chi connectivity index (χ3v) is 3.27. The minimum absolute atomic E-state index is 0.0919. The highest BCUT2D eigenvalue weighted by Crippen LogP contribution is 2.25. The Morgan fingerprint density at radius 2 is 2.16 bits per heavy atom. The van der Waals surface area contributed by atoms with Crippen molar-refractivity contribution in [3.63, 3.8) is 0 Å². The molecule has 1 fully saturated rings. The lowest BCUT2D eigenvalue weighted by molar-refractivity contribution is -0.117. The molecule has 4 heteroatoms. The Morgan fingerprint density at radius 3 is 2.68 bits per heavy atom. The van der Waals surface area contributed by atoms with Crippen LogP contribution in [0.25, 0.3) is 0 Å². The minimum Gasteiger partial charge on any atom is -0.352 e. The summed E-state index contributed by atoms with van der Waals surface area (Å²) in [6.07, 6.45) is 2.34. The molecule has 2 amide bonds. The van der Waals surface area contributed by atoms with E-state index in [-0.39, 0.29) is 17.7 Å². The molecule has 1 aromatic rings. The van der Waals surface area contributed by atoms with Crippen LogP contribution in [0.2, 0.25) is 0 Å². The van der Waals surface area contributed by atoms with Crippen LogP contribution in [0.15, 0.2) is 36.9 Å². The monoisotopic (exact) mass is 258 g/mol. The highest BCUT2D eigenvalue weighted by Gasteiger charge is 2.28. The molecule has 1 aromatic carbocycles. The Balaban J connectivity index is 2.12. The van der Waals surface area contributed by atoms with Crippen LogP contribution in [0.4, 0.5) is 5.69 Å². The molecule has 0 aromatic heterocycles. The molecule has 19 heavy (non-hydrogen) atoms. The van der Waals surface area contributed by atoms with E-state index in [1.807, 2.05) is 25.1 Å². The first kappa shape index (κ1) is 13.3. The molecule has 4 nitrogen and oxygen atoms in total. The van der Waals surface area contributed by atoms with Gasteiger partial charge in [0.05, 0.1) is 0 Å². The van der Waals surface area contributed by atoms with Gasteiger partial charge in [-0.05, 0) is 31.2 Å². The van der Waals surface area contributed by atoms with E-state index in [9.17, 15) is 9.59 Å². The smallest absolute Gasteiger partial charge is 0.251 e. The Morgan fingerprint density at radius 1 is 1.47 bits per heavy atom. The first-order valence-electron chi connectivity index (χ1n) is 6.47. The van der Waals surface area contributed by atoms with Crippen molar-refractivity contribution in [2.24, 2.45) is 5.92 Å². The van der Waals surface area contributed by atoms with E-state index in [2.05, 4.69) is 11.9 Å². The number of rotatable bonds is 4. The van der Waals surface area contributed by atoms with Crippen LogP contribution in [0, 0.1) is 5.92 Å². The number of hydrogen-bond donors (Lipinski definition) is 1. The van der Waals surface area contributed by atoms with Gasteiger partial charge in [0.25, 0.3) is 5.91 Å². The summed E-state index contributed by atoms with van der Waals surface area (Å²) >= 11 is 0. The molecule has 1 aliphatic rings. The lowest BCUT2D eigenvalue weighted by Crippen LogP contribution is -2.25. The molecule has 0 aliphatic carbocycles.